The molecule has 12 heavy (non-hydrogen) atoms. The first kappa shape index (κ1) is 10.2. The standard InChI is InChI=1S/C7H7NO2.C2H4/c8-7(10)5-3-1-2-4-6(5)9;1-2/h1-4,9H,(H2,8,10);1-2H2. The molecule has 0 saturated carbocycles. The zero-order valence-electron chi connectivity index (χ0n) is 6.66. The lowest BCUT2D eigenvalue weighted by Crippen LogP contribution is -2.10. The molecule has 0 spiro atoms. The topological polar surface area (TPSA) is 63.3 Å². The Morgan fingerprint density at radius 3 is 2.17 bits per heavy atom. The van der Waals surface area contributed by atoms with Crippen molar-refractivity contribution in [1.29, 1.82) is 0 Å². The number of nitrogens with two attached hydrogens (primary N) is 1. The van der Waals surface area contributed by atoms with Crippen LogP contribution < -0.4 is 5.73 Å². The molecule has 0 radical (unpaired) electrons. The van der Waals surface area contributed by atoms with Gasteiger partial charge in [0.25, 0.3) is 5.91 Å². The monoisotopic (exact) mass is 165 g/mol. The molecular formula is C9H11NO2. The van der Waals surface area contributed by atoms with Crippen LogP contribution >= 0.6 is 0 Å². The number of hydrogen-bond acceptors (Lipinski definition) is 2. The second-order valence-electron chi connectivity index (χ2n) is 1.88. The fraction of sp³-hybridized carbons (Fsp3) is 0. The lowest BCUT2D eigenvalue weighted by atomic mass is 10.2. The molecule has 0 saturated heterocycles. The van der Waals surface area contributed by atoms with Crippen LogP contribution in [-0.4, -0.2) is 11.0 Å². The zero-order chi connectivity index (χ0) is 9.56. The van der Waals surface area contributed by atoms with E-state index in [4.69, 9.17) is 10.8 Å². The van der Waals surface area contributed by atoms with E-state index in [1.807, 2.05) is 0 Å². The number of carbonyl (C=O) groups excluding carboxylic acids is 1. The van der Waals surface area contributed by atoms with Crippen LogP contribution in [0.1, 0.15) is 10.4 Å². The van der Waals surface area contributed by atoms with Gasteiger partial charge in [0.15, 0.2) is 0 Å². The van der Waals surface area contributed by atoms with Crippen LogP contribution in [0, 0.1) is 0 Å². The van der Waals surface area contributed by atoms with Gasteiger partial charge in [0.1, 0.15) is 5.75 Å². The van der Waals surface area contributed by atoms with Gasteiger partial charge in [-0.2, -0.15) is 0 Å². The van der Waals surface area contributed by atoms with E-state index in [2.05, 4.69) is 13.2 Å². The van der Waals surface area contributed by atoms with Crippen molar-refractivity contribution in [3.63, 3.8) is 0 Å². The summed E-state index contributed by atoms with van der Waals surface area (Å²) in [6, 6.07) is 6.15. The average Bonchev–Trinajstić information content (AvgIpc) is 2.08. The molecule has 0 atom stereocenters. The van der Waals surface area contributed by atoms with Crippen LogP contribution in [0.4, 0.5) is 0 Å². The van der Waals surface area contributed by atoms with Crippen LogP contribution in [-0.2, 0) is 0 Å². The normalized spacial score (nSPS) is 8.00. The molecule has 1 aromatic rings. The number of rotatable bonds is 1. The molecule has 64 valence electrons. The van der Waals surface area contributed by atoms with Gasteiger partial charge in [-0.25, -0.2) is 0 Å². The highest BCUT2D eigenvalue weighted by Gasteiger charge is 2.03. The number of carbonyl (C=O) groups is 1. The summed E-state index contributed by atoms with van der Waals surface area (Å²) in [5.74, 6) is -0.687. The van der Waals surface area contributed by atoms with Gasteiger partial charge in [0.05, 0.1) is 5.56 Å². The van der Waals surface area contributed by atoms with E-state index < -0.39 is 5.91 Å². The smallest absolute Gasteiger partial charge is 0.252 e. The highest BCUT2D eigenvalue weighted by molar-refractivity contribution is 5.95. The van der Waals surface area contributed by atoms with E-state index >= 15 is 0 Å². The highest BCUT2D eigenvalue weighted by Crippen LogP contribution is 2.13. The molecule has 1 amide bonds. The van der Waals surface area contributed by atoms with E-state index in [0.29, 0.717) is 0 Å². The second-order valence-corrected chi connectivity index (χ2v) is 1.88. The summed E-state index contributed by atoms with van der Waals surface area (Å²) in [5, 5.41) is 8.98. The minimum Gasteiger partial charge on any atom is -0.507 e. The molecule has 3 N–H and O–H groups in total. The zero-order valence-corrected chi connectivity index (χ0v) is 6.66. The molecule has 0 aliphatic rings. The summed E-state index contributed by atoms with van der Waals surface area (Å²) in [7, 11) is 0. The maximum absolute atomic E-state index is 10.5. The van der Waals surface area contributed by atoms with E-state index in [-0.39, 0.29) is 11.3 Å². The Bertz CT molecular complexity index is 271. The van der Waals surface area contributed by atoms with Gasteiger partial charge in [-0.1, -0.05) is 12.1 Å². The minimum atomic E-state index is -0.613. The number of benzene rings is 1. The molecule has 0 aliphatic carbocycles. The number of amides is 1. The Balaban J connectivity index is 0.000000561. The molecule has 1 aromatic carbocycles. The Morgan fingerprint density at radius 1 is 1.33 bits per heavy atom. The molecule has 0 bridgehead atoms. The van der Waals surface area contributed by atoms with Crippen LogP contribution in [0.25, 0.3) is 0 Å². The van der Waals surface area contributed by atoms with E-state index in [1.54, 1.807) is 12.1 Å². The molecule has 0 aromatic heterocycles. The van der Waals surface area contributed by atoms with Gasteiger partial charge in [-0.05, 0) is 12.1 Å². The number of phenols is 1. The second kappa shape index (κ2) is 4.96. The molecule has 0 unspecified atom stereocenters. The minimum absolute atomic E-state index is 0.0741. The third kappa shape index (κ3) is 2.46. The van der Waals surface area contributed by atoms with Gasteiger partial charge >= 0.3 is 0 Å². The number of hydrogen-bond donors (Lipinski definition) is 2. The maximum atomic E-state index is 10.5. The first-order chi connectivity index (χ1) is 5.72. The SMILES string of the molecule is C=C.NC(=O)c1ccccc1O. The summed E-state index contributed by atoms with van der Waals surface area (Å²) < 4.78 is 0. The Kier molecular flexibility index (Phi) is 4.23. The van der Waals surface area contributed by atoms with Gasteiger partial charge in [-0.15, -0.1) is 13.2 Å². The number of primary amides is 1. The first-order valence-electron chi connectivity index (χ1n) is 3.29. The molecule has 0 aliphatic heterocycles. The Hall–Kier alpha value is -1.77. The Morgan fingerprint density at radius 2 is 1.83 bits per heavy atom. The van der Waals surface area contributed by atoms with Gasteiger partial charge in [0.2, 0.25) is 0 Å². The lowest BCUT2D eigenvalue weighted by molar-refractivity contribution is 0.0998. The Labute approximate surface area is 71.1 Å². The van der Waals surface area contributed by atoms with Crippen molar-refractivity contribution in [2.45, 2.75) is 0 Å². The van der Waals surface area contributed by atoms with E-state index in [1.165, 1.54) is 12.1 Å². The maximum Gasteiger partial charge on any atom is 0.252 e. The highest BCUT2D eigenvalue weighted by atomic mass is 16.3. The number of aromatic hydroxyl groups is 1. The molecule has 3 nitrogen and oxygen atoms in total. The van der Waals surface area contributed by atoms with Crippen LogP contribution in [0.3, 0.4) is 0 Å². The summed E-state index contributed by atoms with van der Waals surface area (Å²) in [6.07, 6.45) is 0. The quantitative estimate of drug-likeness (QED) is 0.616. The summed E-state index contributed by atoms with van der Waals surface area (Å²) in [6.45, 7) is 6.00. The van der Waals surface area contributed by atoms with Crippen molar-refractivity contribution in [1.82, 2.24) is 0 Å². The average molecular weight is 165 g/mol. The van der Waals surface area contributed by atoms with Gasteiger partial charge < -0.3 is 10.8 Å². The van der Waals surface area contributed by atoms with Gasteiger partial charge in [-0.3, -0.25) is 4.79 Å². The molecule has 0 heterocycles. The van der Waals surface area contributed by atoms with E-state index in [9.17, 15) is 4.79 Å². The van der Waals surface area contributed by atoms with Crippen LogP contribution in [0.15, 0.2) is 37.4 Å². The summed E-state index contributed by atoms with van der Waals surface area (Å²) in [4.78, 5) is 10.5. The molecular weight excluding hydrogens is 154 g/mol. The van der Waals surface area contributed by atoms with Crippen LogP contribution in [0.5, 0.6) is 5.75 Å². The van der Waals surface area contributed by atoms with Crippen molar-refractivity contribution < 1.29 is 9.90 Å². The molecule has 3 heteroatoms. The lowest BCUT2D eigenvalue weighted by Gasteiger charge is -1.96. The van der Waals surface area contributed by atoms with Crippen LogP contribution in [0.2, 0.25) is 0 Å². The van der Waals surface area contributed by atoms with Crippen molar-refractivity contribution in [3.8, 4) is 5.75 Å². The fourth-order valence-corrected chi connectivity index (χ4v) is 0.682. The fourth-order valence-electron chi connectivity index (χ4n) is 0.682. The van der Waals surface area contributed by atoms with Gasteiger partial charge in [0, 0.05) is 0 Å². The van der Waals surface area contributed by atoms with Crippen molar-refractivity contribution in [3.05, 3.63) is 43.0 Å². The molecule has 1 rings (SSSR count). The predicted molar refractivity (Wildman–Crippen MR) is 47.9 cm³/mol. The number of para-hydroxylation sites is 1. The van der Waals surface area contributed by atoms with E-state index in [0.717, 1.165) is 0 Å². The van der Waals surface area contributed by atoms with Crippen molar-refractivity contribution in [2.75, 3.05) is 0 Å². The molecule has 0 fully saturated rings. The first-order valence-corrected chi connectivity index (χ1v) is 3.29. The predicted octanol–water partition coefficient (Wildman–Crippen LogP) is 1.29. The van der Waals surface area contributed by atoms with Crippen molar-refractivity contribution in [2.24, 2.45) is 5.73 Å². The summed E-state index contributed by atoms with van der Waals surface area (Å²) >= 11 is 0. The third-order valence-corrected chi connectivity index (χ3v) is 1.17. The largest absolute Gasteiger partial charge is 0.507 e. The third-order valence-electron chi connectivity index (χ3n) is 1.17. The summed E-state index contributed by atoms with van der Waals surface area (Å²) in [5.41, 5.74) is 5.07. The van der Waals surface area contributed by atoms with Crippen molar-refractivity contribution >= 4 is 5.91 Å².